The zero-order chi connectivity index (χ0) is 14.5. The van der Waals surface area contributed by atoms with Crippen LogP contribution in [0.15, 0.2) is 24.3 Å². The van der Waals surface area contributed by atoms with Crippen LogP contribution in [-0.4, -0.2) is 24.2 Å². The maximum Gasteiger partial charge on any atom is 0.328 e. The predicted octanol–water partition coefficient (Wildman–Crippen LogP) is 4.21. The minimum absolute atomic E-state index is 0.513. The minimum Gasteiger partial charge on any atom is -0.478 e. The van der Waals surface area contributed by atoms with E-state index in [1.807, 2.05) is 12.1 Å². The summed E-state index contributed by atoms with van der Waals surface area (Å²) < 4.78 is 0. The number of carboxylic acid groups (broad SMARTS) is 1. The average molecular weight is 294 g/mol. The van der Waals surface area contributed by atoms with E-state index in [2.05, 4.69) is 11.9 Å². The number of hydrogen-bond donors (Lipinski definition) is 1. The van der Waals surface area contributed by atoms with E-state index in [4.69, 9.17) is 16.7 Å². The molecule has 0 amide bonds. The molecule has 1 saturated carbocycles. The highest BCUT2D eigenvalue weighted by atomic mass is 35.5. The number of carboxylic acids is 1. The fraction of sp³-hybridized carbons (Fsp3) is 0.438. The van der Waals surface area contributed by atoms with Crippen LogP contribution in [0, 0.1) is 0 Å². The van der Waals surface area contributed by atoms with Crippen molar-refractivity contribution in [3.8, 4) is 0 Å². The third kappa shape index (κ3) is 3.76. The Bertz CT molecular complexity index is 507. The molecule has 0 bridgehead atoms. The van der Waals surface area contributed by atoms with Crippen LogP contribution in [0.3, 0.4) is 0 Å². The summed E-state index contributed by atoms with van der Waals surface area (Å²) in [7, 11) is 2.07. The molecule has 108 valence electrons. The van der Waals surface area contributed by atoms with Gasteiger partial charge in [0.25, 0.3) is 0 Å². The first-order valence-corrected chi connectivity index (χ1v) is 7.39. The number of anilines is 1. The van der Waals surface area contributed by atoms with Crippen LogP contribution in [0.4, 0.5) is 5.69 Å². The molecule has 0 saturated heterocycles. The number of aliphatic carboxylic acids is 1. The second-order valence-electron chi connectivity index (χ2n) is 5.28. The van der Waals surface area contributed by atoms with Gasteiger partial charge < -0.3 is 10.0 Å². The molecule has 1 N–H and O–H groups in total. The predicted molar refractivity (Wildman–Crippen MR) is 83.4 cm³/mol. The van der Waals surface area contributed by atoms with Crippen molar-refractivity contribution in [2.24, 2.45) is 0 Å². The van der Waals surface area contributed by atoms with Crippen molar-refractivity contribution in [3.63, 3.8) is 0 Å². The maximum absolute atomic E-state index is 10.7. The summed E-state index contributed by atoms with van der Waals surface area (Å²) in [5, 5.41) is 9.46. The normalized spacial score (nSPS) is 16.5. The van der Waals surface area contributed by atoms with E-state index in [-0.39, 0.29) is 0 Å². The SMILES string of the molecule is CN(c1cc(Cl)ccc1/C=C/C(=O)O)C1CCCCC1. The lowest BCUT2D eigenvalue weighted by atomic mass is 9.93. The summed E-state index contributed by atoms with van der Waals surface area (Å²) >= 11 is 6.10. The average Bonchev–Trinajstić information content (AvgIpc) is 2.46. The molecule has 2 rings (SSSR count). The van der Waals surface area contributed by atoms with E-state index >= 15 is 0 Å². The Hall–Kier alpha value is -1.48. The lowest BCUT2D eigenvalue weighted by molar-refractivity contribution is -0.131. The van der Waals surface area contributed by atoms with Gasteiger partial charge in [-0.15, -0.1) is 0 Å². The molecule has 0 radical (unpaired) electrons. The van der Waals surface area contributed by atoms with Crippen molar-refractivity contribution in [1.29, 1.82) is 0 Å². The Morgan fingerprint density at radius 1 is 1.35 bits per heavy atom. The van der Waals surface area contributed by atoms with Gasteiger partial charge in [-0.1, -0.05) is 36.9 Å². The molecule has 0 aliphatic heterocycles. The first kappa shape index (κ1) is 14.9. The van der Waals surface area contributed by atoms with Crippen LogP contribution in [-0.2, 0) is 4.79 Å². The van der Waals surface area contributed by atoms with Crippen molar-refractivity contribution in [2.45, 2.75) is 38.1 Å². The van der Waals surface area contributed by atoms with Crippen LogP contribution in [0.5, 0.6) is 0 Å². The molecular weight excluding hydrogens is 274 g/mol. The molecule has 1 fully saturated rings. The molecule has 1 aromatic rings. The zero-order valence-corrected chi connectivity index (χ0v) is 12.4. The van der Waals surface area contributed by atoms with Crippen LogP contribution >= 0.6 is 11.6 Å². The van der Waals surface area contributed by atoms with E-state index in [9.17, 15) is 4.79 Å². The molecule has 1 aromatic carbocycles. The number of benzene rings is 1. The summed E-state index contributed by atoms with van der Waals surface area (Å²) in [6.45, 7) is 0. The molecule has 0 atom stereocenters. The first-order valence-electron chi connectivity index (χ1n) is 7.01. The van der Waals surface area contributed by atoms with Gasteiger partial charge >= 0.3 is 5.97 Å². The van der Waals surface area contributed by atoms with Gasteiger partial charge in [0.1, 0.15) is 0 Å². The summed E-state index contributed by atoms with van der Waals surface area (Å²) in [5.74, 6) is -0.939. The van der Waals surface area contributed by atoms with Crippen molar-refractivity contribution in [1.82, 2.24) is 0 Å². The Morgan fingerprint density at radius 3 is 2.70 bits per heavy atom. The zero-order valence-electron chi connectivity index (χ0n) is 11.7. The van der Waals surface area contributed by atoms with Gasteiger partial charge in [0, 0.05) is 29.9 Å². The highest BCUT2D eigenvalue weighted by Crippen LogP contribution is 2.31. The van der Waals surface area contributed by atoms with Crippen LogP contribution in [0.2, 0.25) is 5.02 Å². The molecular formula is C16H20ClNO2. The molecule has 1 aliphatic rings. The quantitative estimate of drug-likeness (QED) is 0.846. The van der Waals surface area contributed by atoms with Gasteiger partial charge in [-0.2, -0.15) is 0 Å². The monoisotopic (exact) mass is 293 g/mol. The molecule has 0 aromatic heterocycles. The van der Waals surface area contributed by atoms with E-state index in [1.54, 1.807) is 12.1 Å². The second-order valence-corrected chi connectivity index (χ2v) is 5.71. The van der Waals surface area contributed by atoms with Crippen LogP contribution in [0.25, 0.3) is 6.08 Å². The summed E-state index contributed by atoms with van der Waals surface area (Å²) in [6.07, 6.45) is 9.00. The number of carbonyl (C=O) groups is 1. The minimum atomic E-state index is -0.939. The van der Waals surface area contributed by atoms with E-state index in [1.165, 1.54) is 38.2 Å². The Labute approximate surface area is 124 Å². The number of rotatable bonds is 4. The smallest absolute Gasteiger partial charge is 0.328 e. The number of nitrogens with zero attached hydrogens (tertiary/aromatic N) is 1. The summed E-state index contributed by atoms with van der Waals surface area (Å²) in [6, 6.07) is 6.09. The number of hydrogen-bond acceptors (Lipinski definition) is 2. The first-order chi connectivity index (χ1) is 9.58. The van der Waals surface area contributed by atoms with Gasteiger partial charge in [0.05, 0.1) is 0 Å². The van der Waals surface area contributed by atoms with E-state index < -0.39 is 5.97 Å². The second kappa shape index (κ2) is 6.80. The molecule has 0 heterocycles. The third-order valence-corrected chi connectivity index (χ3v) is 4.14. The molecule has 20 heavy (non-hydrogen) atoms. The fourth-order valence-electron chi connectivity index (χ4n) is 2.79. The van der Waals surface area contributed by atoms with Crippen molar-refractivity contribution in [2.75, 3.05) is 11.9 Å². The highest BCUT2D eigenvalue weighted by molar-refractivity contribution is 6.31. The van der Waals surface area contributed by atoms with Crippen LogP contribution < -0.4 is 4.90 Å². The summed E-state index contributed by atoms with van der Waals surface area (Å²) in [5.41, 5.74) is 1.90. The standard InChI is InChI=1S/C16H20ClNO2/c1-18(14-5-3-2-4-6-14)15-11-13(17)9-7-12(15)8-10-16(19)20/h7-11,14H,2-6H2,1H3,(H,19,20)/b10-8+. The van der Waals surface area contributed by atoms with Gasteiger partial charge in [-0.25, -0.2) is 4.79 Å². The van der Waals surface area contributed by atoms with Crippen molar-refractivity contribution in [3.05, 3.63) is 34.9 Å². The Kier molecular flexibility index (Phi) is 5.07. The Morgan fingerprint density at radius 2 is 2.05 bits per heavy atom. The fourth-order valence-corrected chi connectivity index (χ4v) is 2.96. The summed E-state index contributed by atoms with van der Waals surface area (Å²) in [4.78, 5) is 12.9. The molecule has 4 heteroatoms. The topological polar surface area (TPSA) is 40.5 Å². The molecule has 0 unspecified atom stereocenters. The van der Waals surface area contributed by atoms with Crippen LogP contribution in [0.1, 0.15) is 37.7 Å². The molecule has 1 aliphatic carbocycles. The van der Waals surface area contributed by atoms with Gasteiger partial charge in [-0.05, 0) is 36.6 Å². The lowest BCUT2D eigenvalue weighted by Gasteiger charge is -2.34. The molecule has 0 spiro atoms. The van der Waals surface area contributed by atoms with Gasteiger partial charge in [0.2, 0.25) is 0 Å². The highest BCUT2D eigenvalue weighted by Gasteiger charge is 2.19. The largest absolute Gasteiger partial charge is 0.478 e. The lowest BCUT2D eigenvalue weighted by Crippen LogP contribution is -2.33. The van der Waals surface area contributed by atoms with Gasteiger partial charge in [0.15, 0.2) is 0 Å². The van der Waals surface area contributed by atoms with Gasteiger partial charge in [-0.3, -0.25) is 0 Å². The van der Waals surface area contributed by atoms with E-state index in [0.717, 1.165) is 11.3 Å². The van der Waals surface area contributed by atoms with Crippen molar-refractivity contribution < 1.29 is 9.90 Å². The number of halogens is 1. The third-order valence-electron chi connectivity index (χ3n) is 3.90. The van der Waals surface area contributed by atoms with Crippen molar-refractivity contribution >= 4 is 29.3 Å². The Balaban J connectivity index is 2.27. The maximum atomic E-state index is 10.7. The van der Waals surface area contributed by atoms with E-state index in [0.29, 0.717) is 11.1 Å². The molecule has 3 nitrogen and oxygen atoms in total.